The summed E-state index contributed by atoms with van der Waals surface area (Å²) in [7, 11) is 0.326. The molecule has 0 aromatic heterocycles. The molecule has 0 heterocycles. The van der Waals surface area contributed by atoms with Crippen LogP contribution in [0.1, 0.15) is 80.1 Å². The van der Waals surface area contributed by atoms with Crippen LogP contribution in [0, 0.1) is 26.6 Å². The molecule has 35 heavy (non-hydrogen) atoms. The first-order valence-electron chi connectivity index (χ1n) is 11.7. The minimum absolute atomic E-state index is 0.372. The van der Waals surface area contributed by atoms with Gasteiger partial charge < -0.3 is 9.47 Å². The van der Waals surface area contributed by atoms with E-state index in [4.69, 9.17) is 9.47 Å². The van der Waals surface area contributed by atoms with Gasteiger partial charge >= 0.3 is 11.9 Å². The molecular weight excluding hydrogens is 465 g/mol. The van der Waals surface area contributed by atoms with E-state index in [0.29, 0.717) is 16.0 Å². The van der Waals surface area contributed by atoms with Crippen molar-refractivity contribution in [1.82, 2.24) is 4.72 Å². The van der Waals surface area contributed by atoms with Gasteiger partial charge in [-0.3, -0.25) is 9.52 Å². The molecular formula is C28H40FNO4S. The maximum Gasteiger partial charge on any atom is 0.339 e. The molecule has 3 atom stereocenters. The summed E-state index contributed by atoms with van der Waals surface area (Å²) >= 11 is 0. The second-order valence-corrected chi connectivity index (χ2v) is 10.7. The molecule has 0 aliphatic rings. The van der Waals surface area contributed by atoms with Crippen LogP contribution >= 0.6 is 10.7 Å². The van der Waals surface area contributed by atoms with Gasteiger partial charge in [0, 0.05) is 10.8 Å². The molecule has 5 nitrogen and oxygen atoms in total. The van der Waals surface area contributed by atoms with Crippen LogP contribution in [0.2, 0.25) is 0 Å². The fraction of sp³-hybridized carbons (Fsp3) is 0.464. The van der Waals surface area contributed by atoms with Crippen LogP contribution in [0.15, 0.2) is 35.2 Å². The van der Waals surface area contributed by atoms with Crippen molar-refractivity contribution in [2.75, 3.05) is 7.11 Å². The highest BCUT2D eigenvalue weighted by Gasteiger charge is 2.34. The molecule has 3 unspecified atom stereocenters. The molecule has 0 saturated carbocycles. The Morgan fingerprint density at radius 3 is 2.23 bits per heavy atom. The van der Waals surface area contributed by atoms with E-state index in [1.54, 1.807) is 45.9 Å². The zero-order valence-electron chi connectivity index (χ0n) is 22.7. The maximum absolute atomic E-state index is 14.9. The van der Waals surface area contributed by atoms with Gasteiger partial charge in [-0.15, -0.1) is 0 Å². The molecule has 2 aromatic rings. The Labute approximate surface area is 212 Å². The minimum Gasteiger partial charge on any atom is -0.465 e. The highest BCUT2D eigenvalue weighted by molar-refractivity contribution is 8.12. The summed E-state index contributed by atoms with van der Waals surface area (Å²) in [6, 6.07) is 7.62. The van der Waals surface area contributed by atoms with E-state index >= 15 is 0 Å². The summed E-state index contributed by atoms with van der Waals surface area (Å²) in [5, 5.41) is 0. The number of benzene rings is 2. The first-order chi connectivity index (χ1) is 16.3. The number of ether oxygens (including phenoxy) is 2. The zero-order valence-corrected chi connectivity index (χ0v) is 23.5. The van der Waals surface area contributed by atoms with Crippen LogP contribution in [0.4, 0.5) is 4.39 Å². The molecule has 0 amide bonds. The number of nitrogens with one attached hydrogen (secondary N) is 1. The summed E-state index contributed by atoms with van der Waals surface area (Å²) in [5.41, 5.74) is 2.71. The van der Waals surface area contributed by atoms with Crippen molar-refractivity contribution >= 4 is 28.5 Å². The first kappa shape index (κ1) is 30.5. The van der Waals surface area contributed by atoms with E-state index in [0.717, 1.165) is 16.7 Å². The van der Waals surface area contributed by atoms with Gasteiger partial charge in [-0.05, 0) is 76.4 Å². The van der Waals surface area contributed by atoms with E-state index < -0.39 is 40.2 Å². The lowest BCUT2D eigenvalue weighted by Gasteiger charge is -2.30. The van der Waals surface area contributed by atoms with E-state index in [-0.39, 0.29) is 5.82 Å². The monoisotopic (exact) mass is 505 g/mol. The Kier molecular flexibility index (Phi) is 11.3. The van der Waals surface area contributed by atoms with Gasteiger partial charge in [0.1, 0.15) is 17.5 Å². The van der Waals surface area contributed by atoms with Crippen molar-refractivity contribution < 1.29 is 23.5 Å². The predicted octanol–water partition coefficient (Wildman–Crippen LogP) is 6.64. The van der Waals surface area contributed by atoms with E-state index in [2.05, 4.69) is 10.6 Å². The lowest BCUT2D eigenvalue weighted by atomic mass is 9.88. The number of halogens is 1. The third-order valence-electron chi connectivity index (χ3n) is 5.42. The molecule has 0 aliphatic carbocycles. The maximum atomic E-state index is 14.9. The largest absolute Gasteiger partial charge is 0.465 e. The van der Waals surface area contributed by atoms with Crippen molar-refractivity contribution in [2.45, 2.75) is 84.8 Å². The Morgan fingerprint density at radius 2 is 1.69 bits per heavy atom. The number of esters is 2. The number of hydrogen-bond acceptors (Lipinski definition) is 5. The van der Waals surface area contributed by atoms with E-state index in [1.165, 1.54) is 13.2 Å². The number of hydrogen-bond donors (Lipinski definition) is 1. The fourth-order valence-corrected chi connectivity index (χ4v) is 4.97. The third kappa shape index (κ3) is 8.00. The SMILES string of the molecule is C=S(NC(C(=O)OC(C)(C)C)C(C)c1c(F)ccc(C)c1C)c1ccc(C)cc1C(=O)OC.CC. The molecule has 0 fully saturated rings. The number of rotatable bonds is 7. The molecule has 194 valence electrons. The predicted molar refractivity (Wildman–Crippen MR) is 144 cm³/mol. The second kappa shape index (κ2) is 13.0. The summed E-state index contributed by atoms with van der Waals surface area (Å²) in [4.78, 5) is 26.2. The fourth-order valence-electron chi connectivity index (χ4n) is 3.59. The van der Waals surface area contributed by atoms with Crippen LogP contribution < -0.4 is 4.72 Å². The number of carbonyl (C=O) groups excluding carboxylic acids is 2. The summed E-state index contributed by atoms with van der Waals surface area (Å²) < 4.78 is 28.7. The van der Waals surface area contributed by atoms with Crippen LogP contribution in [0.25, 0.3) is 0 Å². The van der Waals surface area contributed by atoms with Crippen LogP contribution in [-0.2, 0) is 14.3 Å². The molecule has 0 radical (unpaired) electrons. The minimum atomic E-state index is -0.991. The molecule has 0 saturated heterocycles. The average Bonchev–Trinajstić information content (AvgIpc) is 2.79. The Morgan fingerprint density at radius 1 is 1.09 bits per heavy atom. The lowest BCUT2D eigenvalue weighted by molar-refractivity contribution is -0.157. The van der Waals surface area contributed by atoms with E-state index in [9.17, 15) is 14.0 Å². The summed E-state index contributed by atoms with van der Waals surface area (Å²) in [6.07, 6.45) is 0. The number of aryl methyl sites for hydroxylation is 2. The Hall–Kier alpha value is -2.51. The van der Waals surface area contributed by atoms with Crippen molar-refractivity contribution in [3.63, 3.8) is 0 Å². The van der Waals surface area contributed by atoms with Crippen LogP contribution in [-0.4, -0.2) is 36.6 Å². The van der Waals surface area contributed by atoms with Gasteiger partial charge in [0.25, 0.3) is 0 Å². The molecule has 7 heteroatoms. The Bertz CT molecular complexity index is 1080. The second-order valence-electron chi connectivity index (χ2n) is 9.20. The van der Waals surface area contributed by atoms with Gasteiger partial charge in [-0.1, -0.05) is 55.0 Å². The lowest BCUT2D eigenvalue weighted by Crippen LogP contribution is -2.43. The molecule has 0 spiro atoms. The van der Waals surface area contributed by atoms with E-state index in [1.807, 2.05) is 40.7 Å². The molecule has 1 N–H and O–H groups in total. The van der Waals surface area contributed by atoms with Crippen LogP contribution in [0.5, 0.6) is 0 Å². The topological polar surface area (TPSA) is 64.6 Å². The van der Waals surface area contributed by atoms with Crippen molar-refractivity contribution in [2.24, 2.45) is 0 Å². The first-order valence-corrected chi connectivity index (χ1v) is 13.1. The summed E-state index contributed by atoms with van der Waals surface area (Å²) in [6.45, 7) is 16.8. The number of methoxy groups -OCH3 is 1. The van der Waals surface area contributed by atoms with Gasteiger partial charge in [-0.25, -0.2) is 9.18 Å². The average molecular weight is 506 g/mol. The van der Waals surface area contributed by atoms with Crippen molar-refractivity contribution in [1.29, 1.82) is 0 Å². The number of carbonyl (C=O) groups is 2. The van der Waals surface area contributed by atoms with Gasteiger partial charge in [0.15, 0.2) is 0 Å². The molecule has 2 aromatic carbocycles. The van der Waals surface area contributed by atoms with Gasteiger partial charge in [0.2, 0.25) is 0 Å². The normalized spacial score (nSPS) is 13.7. The standard InChI is InChI=1S/C26H34FNO4S.C2H6/c1-15-10-13-21(19(14-15)24(29)31-8)33(9)28-23(25(30)32-26(5,6)7)18(4)22-17(3)16(2)11-12-20(22)27;1-2/h10-14,18,23,28H,9H2,1-8H3;1-2H3. The highest BCUT2D eigenvalue weighted by Crippen LogP contribution is 2.33. The van der Waals surface area contributed by atoms with Gasteiger partial charge in [-0.2, -0.15) is 0 Å². The van der Waals surface area contributed by atoms with Gasteiger partial charge in [0.05, 0.1) is 12.7 Å². The zero-order chi connectivity index (χ0) is 27.1. The van der Waals surface area contributed by atoms with Crippen molar-refractivity contribution in [3.8, 4) is 0 Å². The van der Waals surface area contributed by atoms with Crippen molar-refractivity contribution in [3.05, 3.63) is 64.0 Å². The smallest absolute Gasteiger partial charge is 0.339 e. The molecule has 0 aliphatic heterocycles. The third-order valence-corrected chi connectivity index (χ3v) is 6.85. The van der Waals surface area contributed by atoms with Crippen LogP contribution in [0.3, 0.4) is 0 Å². The Balaban J connectivity index is 0.00000298. The quantitative estimate of drug-likeness (QED) is 0.337. The molecule has 0 bridgehead atoms. The molecule has 2 rings (SSSR count). The highest BCUT2D eigenvalue weighted by atomic mass is 32.2. The summed E-state index contributed by atoms with van der Waals surface area (Å²) in [5.74, 6) is 2.25.